The smallest absolute Gasteiger partial charge is 0.303 e. The molecule has 33 heavy (non-hydrogen) atoms. The van der Waals surface area contributed by atoms with Gasteiger partial charge in [0.1, 0.15) is 5.75 Å². The van der Waals surface area contributed by atoms with Crippen LogP contribution in [0.4, 0.5) is 5.69 Å². The summed E-state index contributed by atoms with van der Waals surface area (Å²) < 4.78 is 5.36. The zero-order valence-corrected chi connectivity index (χ0v) is 19.0. The van der Waals surface area contributed by atoms with E-state index in [-0.39, 0.29) is 37.1 Å². The molecule has 3 rings (SSSR count). The molecule has 1 aliphatic rings. The van der Waals surface area contributed by atoms with Crippen molar-refractivity contribution in [1.29, 1.82) is 0 Å². The minimum atomic E-state index is -0.714. The fraction of sp³-hybridized carbons (Fsp3) is 0.423. The first-order chi connectivity index (χ1) is 15.9. The Morgan fingerprint density at radius 3 is 2.24 bits per heavy atom. The lowest BCUT2D eigenvalue weighted by Gasteiger charge is -2.28. The van der Waals surface area contributed by atoms with Crippen molar-refractivity contribution in [3.8, 4) is 5.75 Å². The highest BCUT2D eigenvalue weighted by Gasteiger charge is 2.23. The van der Waals surface area contributed by atoms with E-state index >= 15 is 0 Å². The van der Waals surface area contributed by atoms with Gasteiger partial charge >= 0.3 is 5.97 Å². The first-order valence-corrected chi connectivity index (χ1v) is 11.6. The van der Waals surface area contributed by atoms with Crippen molar-refractivity contribution in [1.82, 2.24) is 5.32 Å². The van der Waals surface area contributed by atoms with E-state index in [2.05, 4.69) is 10.6 Å². The molecule has 3 N–H and O–H groups in total. The Hall–Kier alpha value is -3.35. The number of hydrogen-bond donors (Lipinski definition) is 3. The molecule has 0 bridgehead atoms. The van der Waals surface area contributed by atoms with Crippen LogP contribution in [0.1, 0.15) is 67.3 Å². The molecule has 0 saturated heterocycles. The van der Waals surface area contributed by atoms with Gasteiger partial charge in [-0.15, -0.1) is 0 Å². The Kier molecular flexibility index (Phi) is 8.87. The van der Waals surface area contributed by atoms with E-state index in [1.54, 1.807) is 24.3 Å². The van der Waals surface area contributed by atoms with E-state index in [1.807, 2.05) is 31.2 Å². The van der Waals surface area contributed by atoms with Crippen LogP contribution in [-0.2, 0) is 9.59 Å². The van der Waals surface area contributed by atoms with Gasteiger partial charge < -0.3 is 20.5 Å². The summed E-state index contributed by atoms with van der Waals surface area (Å²) in [6, 6.07) is 14.7. The van der Waals surface area contributed by atoms with E-state index in [9.17, 15) is 14.4 Å². The number of hydrogen-bond acceptors (Lipinski definition) is 4. The van der Waals surface area contributed by atoms with Gasteiger partial charge in [-0.05, 0) is 86.4 Å². The fourth-order valence-electron chi connectivity index (χ4n) is 4.27. The van der Waals surface area contributed by atoms with E-state index < -0.39 is 5.97 Å². The second kappa shape index (κ2) is 12.0. The number of rotatable bonds is 10. The van der Waals surface area contributed by atoms with E-state index in [0.29, 0.717) is 23.8 Å². The Labute approximate surface area is 194 Å². The third kappa shape index (κ3) is 7.63. The zero-order chi connectivity index (χ0) is 23.6. The van der Waals surface area contributed by atoms with Crippen LogP contribution in [-0.4, -0.2) is 36.0 Å². The molecule has 2 aromatic rings. The average Bonchev–Trinajstić information content (AvgIpc) is 2.80. The maximum Gasteiger partial charge on any atom is 0.303 e. The molecule has 7 heteroatoms. The van der Waals surface area contributed by atoms with Crippen molar-refractivity contribution < 1.29 is 24.2 Å². The van der Waals surface area contributed by atoms with Crippen LogP contribution in [0.5, 0.6) is 5.75 Å². The molecule has 176 valence electrons. The number of ether oxygens (including phenoxy) is 1. The average molecular weight is 453 g/mol. The van der Waals surface area contributed by atoms with E-state index in [0.717, 1.165) is 31.4 Å². The number of carbonyl (C=O) groups excluding carboxylic acids is 2. The first kappa shape index (κ1) is 24.3. The molecule has 0 heterocycles. The first-order valence-electron chi connectivity index (χ1n) is 11.6. The monoisotopic (exact) mass is 452 g/mol. The molecule has 1 saturated carbocycles. The summed E-state index contributed by atoms with van der Waals surface area (Å²) >= 11 is 0. The van der Waals surface area contributed by atoms with Gasteiger partial charge in [0.25, 0.3) is 5.91 Å². The van der Waals surface area contributed by atoms with Gasteiger partial charge in [-0.2, -0.15) is 0 Å². The highest BCUT2D eigenvalue weighted by molar-refractivity contribution is 5.95. The van der Waals surface area contributed by atoms with Crippen molar-refractivity contribution in [3.63, 3.8) is 0 Å². The highest BCUT2D eigenvalue weighted by Crippen LogP contribution is 2.37. The van der Waals surface area contributed by atoms with Crippen LogP contribution < -0.4 is 15.4 Å². The van der Waals surface area contributed by atoms with Crippen LogP contribution in [0.2, 0.25) is 0 Å². The quantitative estimate of drug-likeness (QED) is 0.489. The van der Waals surface area contributed by atoms with Crippen molar-refractivity contribution in [2.75, 3.05) is 18.5 Å². The largest absolute Gasteiger partial charge is 0.494 e. The Balaban J connectivity index is 1.39. The van der Waals surface area contributed by atoms with Gasteiger partial charge in [-0.1, -0.05) is 12.1 Å². The van der Waals surface area contributed by atoms with Crippen LogP contribution in [0.15, 0.2) is 48.5 Å². The predicted molar refractivity (Wildman–Crippen MR) is 127 cm³/mol. The summed E-state index contributed by atoms with van der Waals surface area (Å²) in [6.07, 6.45) is 4.32. The summed E-state index contributed by atoms with van der Waals surface area (Å²) in [5, 5.41) is 14.6. The maximum atomic E-state index is 12.2. The summed E-state index contributed by atoms with van der Waals surface area (Å²) in [6.45, 7) is 2.71. The minimum absolute atomic E-state index is 0.163. The Bertz CT molecular complexity index is 932. The SMILES string of the molecule is CCOc1ccc(C(=O)NCCC(=O)Nc2ccc([C@H]3CC[C@H](CC(=O)O)CC3)cc2)cc1. The molecule has 2 amide bonds. The van der Waals surface area contributed by atoms with E-state index in [4.69, 9.17) is 9.84 Å². The van der Waals surface area contributed by atoms with E-state index in [1.165, 1.54) is 5.56 Å². The number of carbonyl (C=O) groups is 3. The lowest BCUT2D eigenvalue weighted by atomic mass is 9.77. The van der Waals surface area contributed by atoms with Gasteiger partial charge in [-0.3, -0.25) is 14.4 Å². The maximum absolute atomic E-state index is 12.2. The second-order valence-corrected chi connectivity index (χ2v) is 8.45. The third-order valence-electron chi connectivity index (χ3n) is 6.04. The third-order valence-corrected chi connectivity index (χ3v) is 6.04. The molecule has 7 nitrogen and oxygen atoms in total. The van der Waals surface area contributed by atoms with Gasteiger partial charge in [0.05, 0.1) is 6.61 Å². The Morgan fingerprint density at radius 2 is 1.64 bits per heavy atom. The zero-order valence-electron chi connectivity index (χ0n) is 19.0. The summed E-state index contributed by atoms with van der Waals surface area (Å²) in [4.78, 5) is 35.3. The highest BCUT2D eigenvalue weighted by atomic mass is 16.5. The molecule has 0 unspecified atom stereocenters. The lowest BCUT2D eigenvalue weighted by Crippen LogP contribution is -2.27. The number of nitrogens with one attached hydrogen (secondary N) is 2. The number of carboxylic acids is 1. The van der Waals surface area contributed by atoms with Crippen molar-refractivity contribution in [3.05, 3.63) is 59.7 Å². The number of carboxylic acid groups (broad SMARTS) is 1. The van der Waals surface area contributed by atoms with Gasteiger partial charge in [0, 0.05) is 30.6 Å². The van der Waals surface area contributed by atoms with Gasteiger partial charge in [0.2, 0.25) is 5.91 Å². The van der Waals surface area contributed by atoms with Gasteiger partial charge in [0.15, 0.2) is 0 Å². The topological polar surface area (TPSA) is 105 Å². The predicted octanol–water partition coefficient (Wildman–Crippen LogP) is 4.59. The van der Waals surface area contributed by atoms with Crippen molar-refractivity contribution >= 4 is 23.5 Å². The normalized spacial score (nSPS) is 17.7. The molecule has 0 aliphatic heterocycles. The molecule has 2 aromatic carbocycles. The van der Waals surface area contributed by atoms with Gasteiger partial charge in [-0.25, -0.2) is 0 Å². The van der Waals surface area contributed by atoms with Crippen LogP contribution in [0, 0.1) is 5.92 Å². The minimum Gasteiger partial charge on any atom is -0.494 e. The molecule has 1 aliphatic carbocycles. The van der Waals surface area contributed by atoms with Crippen molar-refractivity contribution in [2.24, 2.45) is 5.92 Å². The molecule has 0 aromatic heterocycles. The Morgan fingerprint density at radius 1 is 0.970 bits per heavy atom. The molecule has 0 radical (unpaired) electrons. The number of amides is 2. The molecule has 1 fully saturated rings. The summed E-state index contributed by atoms with van der Waals surface area (Å²) in [7, 11) is 0. The molecule has 0 atom stereocenters. The lowest BCUT2D eigenvalue weighted by molar-refractivity contribution is -0.138. The number of anilines is 1. The summed E-state index contributed by atoms with van der Waals surface area (Å²) in [5.74, 6) is 0.335. The number of aliphatic carboxylic acids is 1. The molecule has 0 spiro atoms. The standard InChI is InChI=1S/C26H32N2O5/c1-2-33-23-13-9-21(10-14-23)26(32)27-16-15-24(29)28-22-11-7-20(8-12-22)19-5-3-18(4-6-19)17-25(30)31/h7-14,18-19H,2-6,15-17H2,1H3,(H,27,32)(H,28,29)(H,30,31)/t18-,19-. The van der Waals surface area contributed by atoms with Crippen LogP contribution in [0.3, 0.4) is 0 Å². The number of benzene rings is 2. The van der Waals surface area contributed by atoms with Crippen molar-refractivity contribution in [2.45, 2.75) is 51.4 Å². The molecular formula is C26H32N2O5. The summed E-state index contributed by atoms with van der Waals surface area (Å²) in [5.41, 5.74) is 2.47. The van der Waals surface area contributed by atoms with Crippen LogP contribution >= 0.6 is 0 Å². The second-order valence-electron chi connectivity index (χ2n) is 8.45. The molecular weight excluding hydrogens is 420 g/mol. The van der Waals surface area contributed by atoms with Crippen LogP contribution in [0.25, 0.3) is 0 Å². The fourth-order valence-corrected chi connectivity index (χ4v) is 4.27.